The van der Waals surface area contributed by atoms with Crippen molar-refractivity contribution in [1.82, 2.24) is 10.2 Å². The number of nitrogens with one attached hydrogen (secondary N) is 2. The van der Waals surface area contributed by atoms with Crippen molar-refractivity contribution in [2.45, 2.75) is 26.7 Å². The van der Waals surface area contributed by atoms with Crippen LogP contribution in [0.1, 0.15) is 36.6 Å². The lowest BCUT2D eigenvalue weighted by Crippen LogP contribution is -2.07. The number of carbonyl (C=O) groups is 1. The summed E-state index contributed by atoms with van der Waals surface area (Å²) in [7, 11) is 0. The van der Waals surface area contributed by atoms with Crippen LogP contribution in [0.25, 0.3) is 6.08 Å². The topological polar surface area (TPSA) is 57.8 Å². The summed E-state index contributed by atoms with van der Waals surface area (Å²) in [4.78, 5) is 11.8. The first-order chi connectivity index (χ1) is 9.54. The van der Waals surface area contributed by atoms with E-state index in [-0.39, 0.29) is 5.91 Å². The van der Waals surface area contributed by atoms with E-state index in [9.17, 15) is 4.79 Å². The molecule has 0 spiro atoms. The van der Waals surface area contributed by atoms with Gasteiger partial charge in [0.15, 0.2) is 5.82 Å². The molecule has 1 aromatic carbocycles. The summed E-state index contributed by atoms with van der Waals surface area (Å²) in [5.41, 5.74) is 3.20. The second-order valence-corrected chi connectivity index (χ2v) is 5.10. The molecule has 2 aromatic rings. The van der Waals surface area contributed by atoms with Gasteiger partial charge in [0.05, 0.1) is 0 Å². The lowest BCUT2D eigenvalue weighted by molar-refractivity contribution is -0.111. The molecule has 0 bridgehead atoms. The van der Waals surface area contributed by atoms with Crippen LogP contribution in [0.2, 0.25) is 0 Å². The van der Waals surface area contributed by atoms with Crippen LogP contribution in [-0.4, -0.2) is 16.1 Å². The van der Waals surface area contributed by atoms with E-state index in [0.717, 1.165) is 11.3 Å². The molecule has 0 aliphatic carbocycles. The fourth-order valence-electron chi connectivity index (χ4n) is 1.71. The molecule has 2 N–H and O–H groups in total. The molecular formula is C16H19N3O. The van der Waals surface area contributed by atoms with E-state index in [1.165, 1.54) is 11.6 Å². The highest BCUT2D eigenvalue weighted by Crippen LogP contribution is 2.14. The van der Waals surface area contributed by atoms with E-state index in [1.54, 1.807) is 6.08 Å². The van der Waals surface area contributed by atoms with Crippen LogP contribution in [0.15, 0.2) is 36.4 Å². The van der Waals surface area contributed by atoms with Crippen LogP contribution in [0.3, 0.4) is 0 Å². The molecule has 2 rings (SSSR count). The average Bonchev–Trinajstić information content (AvgIpc) is 2.87. The van der Waals surface area contributed by atoms with Crippen molar-refractivity contribution < 1.29 is 4.79 Å². The zero-order valence-corrected chi connectivity index (χ0v) is 12.0. The summed E-state index contributed by atoms with van der Waals surface area (Å²) < 4.78 is 0. The molecule has 1 aromatic heterocycles. The Morgan fingerprint density at radius 1 is 1.30 bits per heavy atom. The van der Waals surface area contributed by atoms with Crippen molar-refractivity contribution in [2.75, 3.05) is 5.32 Å². The van der Waals surface area contributed by atoms with Crippen LogP contribution in [-0.2, 0) is 4.79 Å². The summed E-state index contributed by atoms with van der Waals surface area (Å²) in [5.74, 6) is 0.718. The van der Waals surface area contributed by atoms with Gasteiger partial charge in [-0.05, 0) is 24.5 Å². The smallest absolute Gasteiger partial charge is 0.249 e. The lowest BCUT2D eigenvalue weighted by Gasteiger charge is -1.98. The van der Waals surface area contributed by atoms with E-state index in [4.69, 9.17) is 0 Å². The molecule has 0 fully saturated rings. The van der Waals surface area contributed by atoms with Crippen molar-refractivity contribution in [1.29, 1.82) is 0 Å². The van der Waals surface area contributed by atoms with Crippen molar-refractivity contribution >= 4 is 17.8 Å². The maximum atomic E-state index is 11.8. The Hall–Kier alpha value is -2.36. The van der Waals surface area contributed by atoms with Crippen LogP contribution in [0.4, 0.5) is 5.82 Å². The van der Waals surface area contributed by atoms with Gasteiger partial charge in [0.1, 0.15) is 0 Å². The van der Waals surface area contributed by atoms with Gasteiger partial charge < -0.3 is 5.32 Å². The van der Waals surface area contributed by atoms with Crippen LogP contribution in [0.5, 0.6) is 0 Å². The Labute approximate surface area is 118 Å². The number of hydrogen-bond acceptors (Lipinski definition) is 2. The third-order valence-electron chi connectivity index (χ3n) is 2.98. The number of carbonyl (C=O) groups excluding carboxylic acids is 1. The van der Waals surface area contributed by atoms with E-state index in [1.807, 2.05) is 37.3 Å². The molecule has 20 heavy (non-hydrogen) atoms. The van der Waals surface area contributed by atoms with Gasteiger partial charge in [-0.25, -0.2) is 0 Å². The minimum atomic E-state index is -0.188. The third-order valence-corrected chi connectivity index (χ3v) is 2.98. The minimum Gasteiger partial charge on any atom is -0.306 e. The summed E-state index contributed by atoms with van der Waals surface area (Å²) in [5, 5.41) is 9.69. The molecule has 1 heterocycles. The third kappa shape index (κ3) is 3.82. The summed E-state index contributed by atoms with van der Waals surface area (Å²) in [6.07, 6.45) is 3.29. The average molecular weight is 269 g/mol. The highest BCUT2D eigenvalue weighted by Gasteiger charge is 2.05. The first kappa shape index (κ1) is 14.1. The van der Waals surface area contributed by atoms with Crippen molar-refractivity contribution in [3.05, 3.63) is 53.2 Å². The van der Waals surface area contributed by atoms with Gasteiger partial charge in [0, 0.05) is 17.8 Å². The first-order valence-electron chi connectivity index (χ1n) is 6.65. The van der Waals surface area contributed by atoms with Gasteiger partial charge in [-0.1, -0.05) is 43.7 Å². The predicted molar refractivity (Wildman–Crippen MR) is 81.5 cm³/mol. The number of aromatic nitrogens is 2. The zero-order chi connectivity index (χ0) is 14.5. The van der Waals surface area contributed by atoms with Gasteiger partial charge in [0.25, 0.3) is 0 Å². The summed E-state index contributed by atoms with van der Waals surface area (Å²) >= 11 is 0. The van der Waals surface area contributed by atoms with Gasteiger partial charge >= 0.3 is 0 Å². The number of hydrogen-bond donors (Lipinski definition) is 2. The number of H-pyrrole nitrogens is 1. The molecule has 0 unspecified atom stereocenters. The SMILES string of the molecule is Cc1ccc(/C=C/C(=O)Nc2cc(C(C)C)[nH]n2)cc1. The second-order valence-electron chi connectivity index (χ2n) is 5.10. The molecule has 0 aliphatic heterocycles. The van der Waals surface area contributed by atoms with Gasteiger partial charge in [-0.3, -0.25) is 9.89 Å². The highest BCUT2D eigenvalue weighted by atomic mass is 16.1. The lowest BCUT2D eigenvalue weighted by atomic mass is 10.1. The number of benzene rings is 1. The maximum absolute atomic E-state index is 11.8. The molecule has 0 radical (unpaired) electrons. The predicted octanol–water partition coefficient (Wildman–Crippen LogP) is 3.49. The van der Waals surface area contributed by atoms with Gasteiger partial charge in [-0.15, -0.1) is 0 Å². The number of amides is 1. The molecule has 0 saturated heterocycles. The molecule has 0 atom stereocenters. The number of aromatic amines is 1. The van der Waals surface area contributed by atoms with Gasteiger partial charge in [0.2, 0.25) is 5.91 Å². The van der Waals surface area contributed by atoms with Crippen LogP contribution >= 0.6 is 0 Å². The van der Waals surface area contributed by atoms with Crippen molar-refractivity contribution in [3.63, 3.8) is 0 Å². The molecule has 4 heteroatoms. The Bertz CT molecular complexity index is 609. The second kappa shape index (κ2) is 6.19. The summed E-state index contributed by atoms with van der Waals surface area (Å²) in [6, 6.07) is 9.83. The van der Waals surface area contributed by atoms with Crippen molar-refractivity contribution in [2.24, 2.45) is 0 Å². The fourth-order valence-corrected chi connectivity index (χ4v) is 1.71. The first-order valence-corrected chi connectivity index (χ1v) is 6.65. The molecule has 0 saturated carbocycles. The van der Waals surface area contributed by atoms with Crippen LogP contribution in [0, 0.1) is 6.92 Å². The van der Waals surface area contributed by atoms with Gasteiger partial charge in [-0.2, -0.15) is 5.10 Å². The van der Waals surface area contributed by atoms with E-state index >= 15 is 0 Å². The number of aryl methyl sites for hydroxylation is 1. The highest BCUT2D eigenvalue weighted by molar-refractivity contribution is 6.01. The number of nitrogens with zero attached hydrogens (tertiary/aromatic N) is 1. The number of rotatable bonds is 4. The molecule has 104 valence electrons. The maximum Gasteiger partial charge on any atom is 0.249 e. The Kier molecular flexibility index (Phi) is 4.35. The van der Waals surface area contributed by atoms with E-state index < -0.39 is 0 Å². The standard InChI is InChI=1S/C16H19N3O/c1-11(2)14-10-15(19-18-14)17-16(20)9-8-13-6-4-12(3)5-7-13/h4-11H,1-3H3,(H2,17,18,19,20)/b9-8+. The molecule has 0 aliphatic rings. The molecule has 1 amide bonds. The number of anilines is 1. The van der Waals surface area contributed by atoms with E-state index in [2.05, 4.69) is 29.4 Å². The largest absolute Gasteiger partial charge is 0.306 e. The Morgan fingerprint density at radius 2 is 2.00 bits per heavy atom. The quantitative estimate of drug-likeness (QED) is 0.835. The fraction of sp³-hybridized carbons (Fsp3) is 0.250. The molecule has 4 nitrogen and oxygen atoms in total. The monoisotopic (exact) mass is 269 g/mol. The molecular weight excluding hydrogens is 250 g/mol. The zero-order valence-electron chi connectivity index (χ0n) is 12.0. The van der Waals surface area contributed by atoms with E-state index in [0.29, 0.717) is 11.7 Å². The minimum absolute atomic E-state index is 0.188. The summed E-state index contributed by atoms with van der Waals surface area (Å²) in [6.45, 7) is 6.16. The normalized spacial score (nSPS) is 11.2. The van der Waals surface area contributed by atoms with Crippen molar-refractivity contribution in [3.8, 4) is 0 Å². The van der Waals surface area contributed by atoms with Crippen LogP contribution < -0.4 is 5.32 Å². The Balaban J connectivity index is 1.96. The Morgan fingerprint density at radius 3 is 2.60 bits per heavy atom.